The third-order valence-corrected chi connectivity index (χ3v) is 4.18. The Morgan fingerprint density at radius 3 is 2.74 bits per heavy atom. The van der Waals surface area contributed by atoms with Crippen LogP contribution in [-0.2, 0) is 16.1 Å². The van der Waals surface area contributed by atoms with Crippen molar-refractivity contribution in [2.75, 3.05) is 19.5 Å². The summed E-state index contributed by atoms with van der Waals surface area (Å²) in [7, 11) is 1.68. The van der Waals surface area contributed by atoms with E-state index in [1.54, 1.807) is 7.11 Å². The van der Waals surface area contributed by atoms with Gasteiger partial charge in [-0.3, -0.25) is 4.79 Å². The summed E-state index contributed by atoms with van der Waals surface area (Å²) in [4.78, 5) is 16.3. The standard InChI is InChI=1S/C17H23N3O2S/c1-13(2)19-16(21)12-23-17-18-11-15(20(17)9-10-22-3)14-7-5-4-6-8-14/h4-8,11,13H,9-10,12H2,1-3H3,(H,19,21). The van der Waals surface area contributed by atoms with Crippen LogP contribution in [0.5, 0.6) is 0 Å². The van der Waals surface area contributed by atoms with Gasteiger partial charge in [-0.25, -0.2) is 4.98 Å². The van der Waals surface area contributed by atoms with Crippen molar-refractivity contribution in [2.24, 2.45) is 0 Å². The number of benzene rings is 1. The summed E-state index contributed by atoms with van der Waals surface area (Å²) in [6, 6.07) is 10.3. The molecule has 6 heteroatoms. The van der Waals surface area contributed by atoms with Crippen molar-refractivity contribution in [3.05, 3.63) is 36.5 Å². The zero-order valence-electron chi connectivity index (χ0n) is 13.8. The molecule has 1 heterocycles. The Kier molecular flexibility index (Phi) is 6.67. The van der Waals surface area contributed by atoms with Crippen molar-refractivity contribution < 1.29 is 9.53 Å². The van der Waals surface area contributed by atoms with Gasteiger partial charge in [0.1, 0.15) is 0 Å². The Balaban J connectivity index is 2.16. The van der Waals surface area contributed by atoms with Gasteiger partial charge in [0.05, 0.1) is 24.3 Å². The lowest BCUT2D eigenvalue weighted by Gasteiger charge is -2.12. The quantitative estimate of drug-likeness (QED) is 0.755. The molecule has 0 saturated carbocycles. The van der Waals surface area contributed by atoms with Gasteiger partial charge in [0, 0.05) is 19.7 Å². The van der Waals surface area contributed by atoms with Crippen molar-refractivity contribution in [1.82, 2.24) is 14.9 Å². The molecule has 1 aromatic heterocycles. The highest BCUT2D eigenvalue weighted by molar-refractivity contribution is 7.99. The number of nitrogens with zero attached hydrogens (tertiary/aromatic N) is 2. The van der Waals surface area contributed by atoms with Crippen molar-refractivity contribution in [2.45, 2.75) is 31.6 Å². The highest BCUT2D eigenvalue weighted by Gasteiger charge is 2.14. The molecule has 0 aliphatic carbocycles. The van der Waals surface area contributed by atoms with Crippen LogP contribution in [0.25, 0.3) is 11.3 Å². The number of amides is 1. The topological polar surface area (TPSA) is 56.2 Å². The van der Waals surface area contributed by atoms with E-state index in [0.717, 1.165) is 16.4 Å². The lowest BCUT2D eigenvalue weighted by molar-refractivity contribution is -0.119. The Morgan fingerprint density at radius 1 is 1.35 bits per heavy atom. The van der Waals surface area contributed by atoms with E-state index in [9.17, 15) is 4.79 Å². The summed E-state index contributed by atoms with van der Waals surface area (Å²) < 4.78 is 7.31. The molecule has 0 atom stereocenters. The maximum atomic E-state index is 11.8. The Bertz CT molecular complexity index is 626. The summed E-state index contributed by atoms with van der Waals surface area (Å²) in [5.74, 6) is 0.378. The third kappa shape index (κ3) is 5.11. The number of imidazole rings is 1. The number of carbonyl (C=O) groups excluding carboxylic acids is 1. The molecule has 0 radical (unpaired) electrons. The first kappa shape index (κ1) is 17.6. The maximum absolute atomic E-state index is 11.8. The second-order valence-electron chi connectivity index (χ2n) is 5.45. The highest BCUT2D eigenvalue weighted by atomic mass is 32.2. The molecule has 2 aromatic rings. The van der Waals surface area contributed by atoms with E-state index >= 15 is 0 Å². The van der Waals surface area contributed by atoms with Gasteiger partial charge >= 0.3 is 0 Å². The summed E-state index contributed by atoms with van der Waals surface area (Å²) >= 11 is 1.45. The number of hydrogen-bond acceptors (Lipinski definition) is 4. The molecule has 0 aliphatic rings. The Hall–Kier alpha value is -1.79. The van der Waals surface area contributed by atoms with Gasteiger partial charge in [0.15, 0.2) is 5.16 Å². The number of aromatic nitrogens is 2. The SMILES string of the molecule is COCCn1c(-c2ccccc2)cnc1SCC(=O)NC(C)C. The van der Waals surface area contributed by atoms with E-state index in [-0.39, 0.29) is 11.9 Å². The molecule has 1 aromatic carbocycles. The van der Waals surface area contributed by atoms with Gasteiger partial charge in [-0.2, -0.15) is 0 Å². The smallest absolute Gasteiger partial charge is 0.230 e. The van der Waals surface area contributed by atoms with Crippen LogP contribution in [0.2, 0.25) is 0 Å². The monoisotopic (exact) mass is 333 g/mol. The molecule has 0 saturated heterocycles. The fourth-order valence-electron chi connectivity index (χ4n) is 2.21. The van der Waals surface area contributed by atoms with E-state index in [0.29, 0.717) is 18.9 Å². The van der Waals surface area contributed by atoms with Crippen LogP contribution in [0.1, 0.15) is 13.8 Å². The van der Waals surface area contributed by atoms with Crippen molar-refractivity contribution in [3.8, 4) is 11.3 Å². The third-order valence-electron chi connectivity index (χ3n) is 3.19. The first-order valence-corrected chi connectivity index (χ1v) is 8.62. The minimum atomic E-state index is 0.0209. The van der Waals surface area contributed by atoms with Gasteiger partial charge in [-0.1, -0.05) is 42.1 Å². The number of rotatable bonds is 8. The van der Waals surface area contributed by atoms with E-state index in [4.69, 9.17) is 4.74 Å². The summed E-state index contributed by atoms with van der Waals surface area (Å²) in [5, 5.41) is 3.73. The molecule has 0 aliphatic heterocycles. The predicted molar refractivity (Wildman–Crippen MR) is 93.5 cm³/mol. The Labute approximate surface area is 141 Å². The average Bonchev–Trinajstić information content (AvgIpc) is 2.94. The van der Waals surface area contributed by atoms with Gasteiger partial charge < -0.3 is 14.6 Å². The zero-order chi connectivity index (χ0) is 16.7. The lowest BCUT2D eigenvalue weighted by Crippen LogP contribution is -2.31. The van der Waals surface area contributed by atoms with Crippen LogP contribution in [0.4, 0.5) is 0 Å². The van der Waals surface area contributed by atoms with Crippen molar-refractivity contribution in [3.63, 3.8) is 0 Å². The molecule has 1 amide bonds. The molecule has 1 N–H and O–H groups in total. The van der Waals surface area contributed by atoms with E-state index in [2.05, 4.69) is 27.0 Å². The van der Waals surface area contributed by atoms with Crippen LogP contribution in [0.15, 0.2) is 41.7 Å². The fraction of sp³-hybridized carbons (Fsp3) is 0.412. The molecule has 0 fully saturated rings. The van der Waals surface area contributed by atoms with Crippen LogP contribution in [0.3, 0.4) is 0 Å². The first-order valence-electron chi connectivity index (χ1n) is 7.64. The normalized spacial score (nSPS) is 11.0. The number of thioether (sulfide) groups is 1. The molecule has 0 spiro atoms. The number of ether oxygens (including phenoxy) is 1. The molecule has 0 unspecified atom stereocenters. The molecule has 2 rings (SSSR count). The van der Waals surface area contributed by atoms with Gasteiger partial charge in [0.25, 0.3) is 0 Å². The van der Waals surface area contributed by atoms with Crippen molar-refractivity contribution in [1.29, 1.82) is 0 Å². The second-order valence-corrected chi connectivity index (χ2v) is 6.39. The summed E-state index contributed by atoms with van der Waals surface area (Å²) in [5.41, 5.74) is 2.14. The van der Waals surface area contributed by atoms with Crippen LogP contribution in [0, 0.1) is 0 Å². The van der Waals surface area contributed by atoms with Gasteiger partial charge in [-0.15, -0.1) is 0 Å². The number of carbonyl (C=O) groups is 1. The highest BCUT2D eigenvalue weighted by Crippen LogP contribution is 2.25. The van der Waals surface area contributed by atoms with E-state index in [1.165, 1.54) is 11.8 Å². The predicted octanol–water partition coefficient (Wildman–Crippen LogP) is 2.81. The summed E-state index contributed by atoms with van der Waals surface area (Å²) in [6.45, 7) is 5.21. The second kappa shape index (κ2) is 8.74. The molecule has 5 nitrogen and oxygen atoms in total. The molecule has 0 bridgehead atoms. The maximum Gasteiger partial charge on any atom is 0.230 e. The van der Waals surface area contributed by atoms with Crippen LogP contribution >= 0.6 is 11.8 Å². The zero-order valence-corrected chi connectivity index (χ0v) is 14.6. The van der Waals surface area contributed by atoms with Gasteiger partial charge in [0.2, 0.25) is 5.91 Å². The number of methoxy groups -OCH3 is 1. The molecule has 23 heavy (non-hydrogen) atoms. The number of nitrogens with one attached hydrogen (secondary N) is 1. The minimum absolute atomic E-state index is 0.0209. The van der Waals surface area contributed by atoms with Crippen LogP contribution in [-0.4, -0.2) is 41.0 Å². The Morgan fingerprint density at radius 2 is 2.09 bits per heavy atom. The van der Waals surface area contributed by atoms with E-state index in [1.807, 2.05) is 38.2 Å². The van der Waals surface area contributed by atoms with E-state index < -0.39 is 0 Å². The van der Waals surface area contributed by atoms with Crippen LogP contribution < -0.4 is 5.32 Å². The fourth-order valence-corrected chi connectivity index (χ4v) is 3.02. The molecule has 124 valence electrons. The molecular weight excluding hydrogens is 310 g/mol. The first-order chi connectivity index (χ1) is 11.1. The minimum Gasteiger partial charge on any atom is -0.383 e. The van der Waals surface area contributed by atoms with Gasteiger partial charge in [-0.05, 0) is 19.4 Å². The largest absolute Gasteiger partial charge is 0.383 e. The van der Waals surface area contributed by atoms with Crippen molar-refractivity contribution >= 4 is 17.7 Å². The number of hydrogen-bond donors (Lipinski definition) is 1. The lowest BCUT2D eigenvalue weighted by atomic mass is 10.2. The molecular formula is C17H23N3O2S. The average molecular weight is 333 g/mol. The summed E-state index contributed by atoms with van der Waals surface area (Å²) in [6.07, 6.45) is 1.85.